The molecule has 3 N–H and O–H groups in total. The Morgan fingerprint density at radius 1 is 1.39 bits per heavy atom. The SMILES string of the molecule is NNc1nc(SC2COC2)nc(-n2ccnc2)n1. The molecule has 0 radical (unpaired) electrons. The van der Waals surface area contributed by atoms with E-state index in [-0.39, 0.29) is 0 Å². The molecule has 2 aromatic heterocycles. The van der Waals surface area contributed by atoms with E-state index in [0.717, 1.165) is 13.2 Å². The maximum absolute atomic E-state index is 5.36. The first-order valence-electron chi connectivity index (χ1n) is 5.30. The van der Waals surface area contributed by atoms with Crippen molar-refractivity contribution in [2.75, 3.05) is 18.6 Å². The van der Waals surface area contributed by atoms with Crippen molar-refractivity contribution in [2.45, 2.75) is 10.4 Å². The first-order chi connectivity index (χ1) is 8.85. The second-order valence-electron chi connectivity index (χ2n) is 3.63. The van der Waals surface area contributed by atoms with E-state index in [9.17, 15) is 0 Å². The summed E-state index contributed by atoms with van der Waals surface area (Å²) in [5.41, 5.74) is 2.44. The average Bonchev–Trinajstić information content (AvgIpc) is 2.87. The van der Waals surface area contributed by atoms with E-state index in [1.807, 2.05) is 0 Å². The molecule has 0 amide bonds. The number of imidazole rings is 1. The molecule has 0 aliphatic carbocycles. The molecule has 1 fully saturated rings. The van der Waals surface area contributed by atoms with Gasteiger partial charge in [-0.05, 0) is 0 Å². The minimum Gasteiger partial charge on any atom is -0.379 e. The number of ether oxygens (including phenoxy) is 1. The van der Waals surface area contributed by atoms with Gasteiger partial charge in [-0.25, -0.2) is 10.8 Å². The number of nitrogen functional groups attached to an aromatic ring is 1. The number of hydrogen-bond acceptors (Lipinski definition) is 8. The molecule has 0 saturated carbocycles. The number of aromatic nitrogens is 5. The predicted molar refractivity (Wildman–Crippen MR) is 65.2 cm³/mol. The van der Waals surface area contributed by atoms with Crippen LogP contribution < -0.4 is 11.3 Å². The first kappa shape index (κ1) is 11.4. The van der Waals surface area contributed by atoms with Crippen molar-refractivity contribution in [2.24, 2.45) is 5.84 Å². The van der Waals surface area contributed by atoms with E-state index >= 15 is 0 Å². The van der Waals surface area contributed by atoms with Crippen molar-refractivity contribution >= 4 is 17.7 Å². The summed E-state index contributed by atoms with van der Waals surface area (Å²) < 4.78 is 6.82. The Kier molecular flexibility index (Phi) is 3.09. The normalized spacial score (nSPS) is 15.4. The van der Waals surface area contributed by atoms with E-state index in [1.54, 1.807) is 35.0 Å². The Balaban J connectivity index is 1.90. The number of rotatable bonds is 4. The van der Waals surface area contributed by atoms with Gasteiger partial charge in [0.15, 0.2) is 5.16 Å². The van der Waals surface area contributed by atoms with Crippen LogP contribution in [-0.4, -0.2) is 43.0 Å². The molecule has 2 aromatic rings. The van der Waals surface area contributed by atoms with Gasteiger partial charge in [0.2, 0.25) is 11.9 Å². The highest BCUT2D eigenvalue weighted by atomic mass is 32.2. The third-order valence-electron chi connectivity index (χ3n) is 2.35. The third-order valence-corrected chi connectivity index (χ3v) is 3.35. The molecule has 9 heteroatoms. The fourth-order valence-corrected chi connectivity index (χ4v) is 2.29. The van der Waals surface area contributed by atoms with Crippen molar-refractivity contribution in [3.63, 3.8) is 0 Å². The van der Waals surface area contributed by atoms with Crippen LogP contribution in [0.1, 0.15) is 0 Å². The van der Waals surface area contributed by atoms with Crippen molar-refractivity contribution in [3.8, 4) is 5.95 Å². The Hall–Kier alpha value is -1.71. The molecule has 94 valence electrons. The minimum atomic E-state index is 0.330. The maximum Gasteiger partial charge on any atom is 0.242 e. The fraction of sp³-hybridized carbons (Fsp3) is 0.333. The summed E-state index contributed by atoms with van der Waals surface area (Å²) in [4.78, 5) is 16.7. The van der Waals surface area contributed by atoms with Crippen LogP contribution in [0.3, 0.4) is 0 Å². The molecule has 3 heterocycles. The van der Waals surface area contributed by atoms with E-state index in [4.69, 9.17) is 10.6 Å². The number of nitrogens with one attached hydrogen (secondary N) is 1. The van der Waals surface area contributed by atoms with Gasteiger partial charge in [-0.15, -0.1) is 0 Å². The van der Waals surface area contributed by atoms with Gasteiger partial charge < -0.3 is 4.74 Å². The second-order valence-corrected chi connectivity index (χ2v) is 4.90. The number of nitrogens with two attached hydrogens (primary N) is 1. The van der Waals surface area contributed by atoms with Crippen LogP contribution in [0, 0.1) is 0 Å². The smallest absolute Gasteiger partial charge is 0.242 e. The van der Waals surface area contributed by atoms with Gasteiger partial charge in [-0.1, -0.05) is 11.8 Å². The van der Waals surface area contributed by atoms with Crippen LogP contribution >= 0.6 is 11.8 Å². The summed E-state index contributed by atoms with van der Waals surface area (Å²) in [7, 11) is 0. The lowest BCUT2D eigenvalue weighted by atomic mass is 10.4. The van der Waals surface area contributed by atoms with E-state index in [1.165, 1.54) is 0 Å². The van der Waals surface area contributed by atoms with Gasteiger partial charge in [0.05, 0.1) is 18.5 Å². The second kappa shape index (κ2) is 4.88. The standard InChI is InChI=1S/C9H11N7OS/c10-15-7-12-8(16-2-1-11-5-16)14-9(13-7)18-6-3-17-4-6/h1-2,5-6H,3-4,10H2,(H,12,13,14,15). The highest BCUT2D eigenvalue weighted by molar-refractivity contribution is 7.99. The van der Waals surface area contributed by atoms with Gasteiger partial charge in [0.1, 0.15) is 6.33 Å². The number of hydrazine groups is 1. The van der Waals surface area contributed by atoms with Gasteiger partial charge >= 0.3 is 0 Å². The monoisotopic (exact) mass is 265 g/mol. The van der Waals surface area contributed by atoms with E-state index in [0.29, 0.717) is 22.3 Å². The number of anilines is 1. The minimum absolute atomic E-state index is 0.330. The lowest BCUT2D eigenvalue weighted by Gasteiger charge is -2.24. The molecule has 0 aromatic carbocycles. The third kappa shape index (κ3) is 2.28. The van der Waals surface area contributed by atoms with Crippen molar-refractivity contribution in [1.29, 1.82) is 0 Å². The average molecular weight is 265 g/mol. The van der Waals surface area contributed by atoms with Gasteiger partial charge in [0, 0.05) is 12.4 Å². The summed E-state index contributed by atoms with van der Waals surface area (Å²) >= 11 is 1.55. The Bertz CT molecular complexity index is 528. The van der Waals surface area contributed by atoms with Crippen LogP contribution in [0.4, 0.5) is 5.95 Å². The lowest BCUT2D eigenvalue weighted by molar-refractivity contribution is 0.0454. The number of nitrogens with zero attached hydrogens (tertiary/aromatic N) is 5. The quantitative estimate of drug-likeness (QED) is 0.580. The molecule has 3 rings (SSSR count). The fourth-order valence-electron chi connectivity index (χ4n) is 1.39. The van der Waals surface area contributed by atoms with E-state index in [2.05, 4.69) is 25.4 Å². The summed E-state index contributed by atoms with van der Waals surface area (Å²) in [5, 5.41) is 1.02. The van der Waals surface area contributed by atoms with Gasteiger partial charge in [-0.3, -0.25) is 9.99 Å². The highest BCUT2D eigenvalue weighted by Crippen LogP contribution is 2.25. The molecule has 8 nitrogen and oxygen atoms in total. The van der Waals surface area contributed by atoms with Crippen molar-refractivity contribution < 1.29 is 4.74 Å². The molecule has 18 heavy (non-hydrogen) atoms. The van der Waals surface area contributed by atoms with E-state index < -0.39 is 0 Å². The zero-order valence-corrected chi connectivity index (χ0v) is 10.2. The molecule has 0 spiro atoms. The molecule has 1 saturated heterocycles. The van der Waals surface area contributed by atoms with Gasteiger partial charge in [-0.2, -0.15) is 15.0 Å². The summed E-state index contributed by atoms with van der Waals surface area (Å²) in [6, 6.07) is 0. The number of thioether (sulfide) groups is 1. The van der Waals surface area contributed by atoms with Crippen LogP contribution in [0.15, 0.2) is 23.9 Å². The molecule has 0 atom stereocenters. The van der Waals surface area contributed by atoms with Crippen molar-refractivity contribution in [1.82, 2.24) is 24.5 Å². The Morgan fingerprint density at radius 3 is 2.89 bits per heavy atom. The van der Waals surface area contributed by atoms with Crippen molar-refractivity contribution in [3.05, 3.63) is 18.7 Å². The highest BCUT2D eigenvalue weighted by Gasteiger charge is 2.21. The molecule has 0 bridgehead atoms. The number of hydrogen-bond donors (Lipinski definition) is 2. The summed E-state index contributed by atoms with van der Waals surface area (Å²) in [6.07, 6.45) is 5.04. The topological polar surface area (TPSA) is 104 Å². The van der Waals surface area contributed by atoms with Crippen LogP contribution in [0.25, 0.3) is 5.95 Å². The summed E-state index contributed by atoms with van der Waals surface area (Å²) in [6.45, 7) is 1.45. The Labute approximate surface area is 107 Å². The zero-order chi connectivity index (χ0) is 12.4. The predicted octanol–water partition coefficient (Wildman–Crippen LogP) is -0.166. The zero-order valence-electron chi connectivity index (χ0n) is 9.35. The van der Waals surface area contributed by atoms with Gasteiger partial charge in [0.25, 0.3) is 0 Å². The molecule has 0 unspecified atom stereocenters. The van der Waals surface area contributed by atoms with Crippen LogP contribution in [-0.2, 0) is 4.74 Å². The molecular formula is C9H11N7OS. The molecule has 1 aliphatic rings. The summed E-state index contributed by atoms with van der Waals surface area (Å²) in [5.74, 6) is 6.17. The van der Waals surface area contributed by atoms with Crippen LogP contribution in [0.2, 0.25) is 0 Å². The Morgan fingerprint density at radius 2 is 2.28 bits per heavy atom. The van der Waals surface area contributed by atoms with Crippen LogP contribution in [0.5, 0.6) is 0 Å². The lowest BCUT2D eigenvalue weighted by Crippen LogP contribution is -2.30. The largest absolute Gasteiger partial charge is 0.379 e. The maximum atomic E-state index is 5.36. The molecule has 1 aliphatic heterocycles. The first-order valence-corrected chi connectivity index (χ1v) is 6.18. The molecular weight excluding hydrogens is 254 g/mol.